The van der Waals surface area contributed by atoms with Crippen LogP contribution >= 0.6 is 0 Å². The van der Waals surface area contributed by atoms with Gasteiger partial charge in [-0.1, -0.05) is 0 Å². The van der Waals surface area contributed by atoms with Gasteiger partial charge in [-0.05, 0) is 56.8 Å². The lowest BCUT2D eigenvalue weighted by atomic mass is 9.96. The third-order valence-corrected chi connectivity index (χ3v) is 5.75. The van der Waals surface area contributed by atoms with Crippen LogP contribution in [0.2, 0.25) is 0 Å². The molecule has 5 heterocycles. The van der Waals surface area contributed by atoms with Crippen LogP contribution in [0.4, 0.5) is 0 Å². The molecule has 0 amide bonds. The molecule has 3 aromatic rings. The van der Waals surface area contributed by atoms with Crippen LogP contribution in [-0.4, -0.2) is 52.3 Å². The number of rotatable bonds is 5. The Balaban J connectivity index is 1.19. The maximum atomic E-state index is 12.2. The number of likely N-dealkylation sites (tertiary alicyclic amines) is 1. The second-order valence-electron chi connectivity index (χ2n) is 7.73. The fourth-order valence-electron chi connectivity index (χ4n) is 4.22. The lowest BCUT2D eigenvalue weighted by Gasteiger charge is -2.31. The molecule has 0 aromatic carbocycles. The molecule has 9 heteroatoms. The van der Waals surface area contributed by atoms with Crippen molar-refractivity contribution in [1.29, 1.82) is 0 Å². The Morgan fingerprint density at radius 1 is 1.11 bits per heavy atom. The molecule has 5 rings (SSSR count). The van der Waals surface area contributed by atoms with Gasteiger partial charge in [0.25, 0.3) is 5.56 Å². The van der Waals surface area contributed by atoms with Crippen LogP contribution in [0.1, 0.15) is 30.7 Å². The zero-order chi connectivity index (χ0) is 18.9. The van der Waals surface area contributed by atoms with Gasteiger partial charge in [0.15, 0.2) is 5.82 Å². The monoisotopic (exact) mass is 380 g/mol. The summed E-state index contributed by atoms with van der Waals surface area (Å²) in [5.41, 5.74) is 2.49. The van der Waals surface area contributed by atoms with Gasteiger partial charge in [0.2, 0.25) is 0 Å². The molecule has 0 unspecified atom stereocenters. The highest BCUT2D eigenvalue weighted by Crippen LogP contribution is 2.21. The van der Waals surface area contributed by atoms with Crippen molar-refractivity contribution >= 4 is 0 Å². The van der Waals surface area contributed by atoms with Gasteiger partial charge in [-0.25, -0.2) is 14.3 Å². The maximum absolute atomic E-state index is 12.2. The van der Waals surface area contributed by atoms with Crippen molar-refractivity contribution in [2.45, 2.75) is 45.3 Å². The standard InChI is InChI=1S/C19H24N8O/c28-19-4-3-18(27-14-20-13-21-27)23-26(19)11-15-5-8-24(9-6-15)12-16-10-17-2-1-7-25(17)22-16/h3-4,10,13-15H,1-2,5-9,11-12H2. The zero-order valence-electron chi connectivity index (χ0n) is 15.8. The molecular formula is C19H24N8O. The van der Waals surface area contributed by atoms with Crippen LogP contribution < -0.4 is 5.56 Å². The average molecular weight is 380 g/mol. The van der Waals surface area contributed by atoms with Gasteiger partial charge < -0.3 is 0 Å². The highest BCUT2D eigenvalue weighted by molar-refractivity contribution is 5.16. The first-order valence-corrected chi connectivity index (χ1v) is 9.96. The van der Waals surface area contributed by atoms with Crippen LogP contribution in [0.3, 0.4) is 0 Å². The average Bonchev–Trinajstić information content (AvgIpc) is 3.43. The molecule has 0 bridgehead atoms. The molecule has 146 valence electrons. The van der Waals surface area contributed by atoms with Crippen molar-refractivity contribution in [3.8, 4) is 5.82 Å². The van der Waals surface area contributed by atoms with E-state index in [2.05, 4.69) is 30.8 Å². The topological polar surface area (TPSA) is 86.7 Å². The lowest BCUT2D eigenvalue weighted by Crippen LogP contribution is -2.36. The summed E-state index contributed by atoms with van der Waals surface area (Å²) in [7, 11) is 0. The third kappa shape index (κ3) is 3.49. The minimum atomic E-state index is -0.0705. The van der Waals surface area contributed by atoms with Crippen LogP contribution in [0.15, 0.2) is 35.6 Å². The van der Waals surface area contributed by atoms with E-state index in [1.165, 1.54) is 24.1 Å². The normalized spacial score (nSPS) is 17.9. The Morgan fingerprint density at radius 3 is 2.79 bits per heavy atom. The summed E-state index contributed by atoms with van der Waals surface area (Å²) in [6.45, 7) is 4.70. The third-order valence-electron chi connectivity index (χ3n) is 5.75. The molecular weight excluding hydrogens is 356 g/mol. The molecule has 2 aliphatic heterocycles. The minimum absolute atomic E-state index is 0.0705. The lowest BCUT2D eigenvalue weighted by molar-refractivity contribution is 0.161. The number of aromatic nitrogens is 7. The van der Waals surface area contributed by atoms with Gasteiger partial charge in [-0.15, -0.1) is 5.10 Å². The van der Waals surface area contributed by atoms with Gasteiger partial charge in [-0.2, -0.15) is 10.2 Å². The Kier molecular flexibility index (Phi) is 4.52. The van der Waals surface area contributed by atoms with Gasteiger partial charge in [-0.3, -0.25) is 14.4 Å². The van der Waals surface area contributed by atoms with Gasteiger partial charge in [0, 0.05) is 31.4 Å². The molecule has 0 atom stereocenters. The first-order valence-electron chi connectivity index (χ1n) is 9.96. The number of nitrogens with zero attached hydrogens (tertiary/aromatic N) is 8. The largest absolute Gasteiger partial charge is 0.297 e. The first-order chi connectivity index (χ1) is 13.7. The first kappa shape index (κ1) is 17.3. The Morgan fingerprint density at radius 2 is 2.00 bits per heavy atom. The van der Waals surface area contributed by atoms with Crippen LogP contribution in [0, 0.1) is 5.92 Å². The number of hydrogen-bond donors (Lipinski definition) is 0. The summed E-state index contributed by atoms with van der Waals surface area (Å²) in [6.07, 6.45) is 7.55. The van der Waals surface area contributed by atoms with Crippen molar-refractivity contribution in [3.63, 3.8) is 0 Å². The van der Waals surface area contributed by atoms with Crippen molar-refractivity contribution in [2.24, 2.45) is 5.92 Å². The molecule has 0 saturated carbocycles. The fraction of sp³-hybridized carbons (Fsp3) is 0.526. The molecule has 0 N–H and O–H groups in total. The Labute approximate surface area is 162 Å². The van der Waals surface area contributed by atoms with Gasteiger partial charge in [0.05, 0.1) is 5.69 Å². The minimum Gasteiger partial charge on any atom is -0.297 e. The van der Waals surface area contributed by atoms with Gasteiger partial charge >= 0.3 is 0 Å². The number of piperidine rings is 1. The summed E-state index contributed by atoms with van der Waals surface area (Å²) in [4.78, 5) is 18.6. The summed E-state index contributed by atoms with van der Waals surface area (Å²) < 4.78 is 5.29. The van der Waals surface area contributed by atoms with E-state index >= 15 is 0 Å². The second-order valence-corrected chi connectivity index (χ2v) is 7.73. The molecule has 2 aliphatic rings. The summed E-state index contributed by atoms with van der Waals surface area (Å²) in [6, 6.07) is 5.49. The van der Waals surface area contributed by atoms with E-state index in [0.29, 0.717) is 18.3 Å². The summed E-state index contributed by atoms with van der Waals surface area (Å²) >= 11 is 0. The van der Waals surface area contributed by atoms with Crippen LogP contribution in [0.5, 0.6) is 0 Å². The summed E-state index contributed by atoms with van der Waals surface area (Å²) in [5.74, 6) is 1.07. The number of aryl methyl sites for hydroxylation is 2. The molecule has 1 fully saturated rings. The van der Waals surface area contributed by atoms with E-state index in [1.54, 1.807) is 27.8 Å². The van der Waals surface area contributed by atoms with Crippen molar-refractivity contribution in [3.05, 3.63) is 52.6 Å². The van der Waals surface area contributed by atoms with E-state index in [1.807, 2.05) is 0 Å². The van der Waals surface area contributed by atoms with Gasteiger partial charge in [0.1, 0.15) is 12.7 Å². The van der Waals surface area contributed by atoms with E-state index in [9.17, 15) is 4.79 Å². The van der Waals surface area contributed by atoms with Crippen molar-refractivity contribution in [1.82, 2.24) is 39.2 Å². The van der Waals surface area contributed by atoms with E-state index in [0.717, 1.165) is 45.4 Å². The maximum Gasteiger partial charge on any atom is 0.266 e. The molecule has 9 nitrogen and oxygen atoms in total. The van der Waals surface area contributed by atoms with Crippen LogP contribution in [-0.2, 0) is 26.1 Å². The highest BCUT2D eigenvalue weighted by atomic mass is 16.1. The zero-order valence-corrected chi connectivity index (χ0v) is 15.8. The Bertz CT molecular complexity index is 976. The highest BCUT2D eigenvalue weighted by Gasteiger charge is 2.22. The van der Waals surface area contributed by atoms with Crippen molar-refractivity contribution in [2.75, 3.05) is 13.1 Å². The van der Waals surface area contributed by atoms with E-state index in [-0.39, 0.29) is 5.56 Å². The van der Waals surface area contributed by atoms with Crippen molar-refractivity contribution < 1.29 is 0 Å². The summed E-state index contributed by atoms with van der Waals surface area (Å²) in [5, 5.41) is 13.3. The number of hydrogen-bond acceptors (Lipinski definition) is 6. The van der Waals surface area contributed by atoms with Crippen LogP contribution in [0.25, 0.3) is 5.82 Å². The quantitative estimate of drug-likeness (QED) is 0.653. The fourth-order valence-corrected chi connectivity index (χ4v) is 4.22. The molecule has 0 radical (unpaired) electrons. The molecule has 0 spiro atoms. The molecule has 1 saturated heterocycles. The Hall–Kier alpha value is -2.81. The SMILES string of the molecule is O=c1ccc(-n2cncn2)nn1CC1CCN(Cc2cc3n(n2)CCC3)CC1. The predicted molar refractivity (Wildman–Crippen MR) is 102 cm³/mol. The molecule has 28 heavy (non-hydrogen) atoms. The molecule has 0 aliphatic carbocycles. The predicted octanol–water partition coefficient (Wildman–Crippen LogP) is 0.879. The number of fused-ring (bicyclic) bond motifs is 1. The van der Waals surface area contributed by atoms with E-state index in [4.69, 9.17) is 5.10 Å². The smallest absolute Gasteiger partial charge is 0.266 e. The van der Waals surface area contributed by atoms with E-state index < -0.39 is 0 Å². The second kappa shape index (κ2) is 7.31. The molecule has 3 aromatic heterocycles.